The molecule has 0 spiro atoms. The van der Waals surface area contributed by atoms with Gasteiger partial charge in [-0.3, -0.25) is 0 Å². The SMILES string of the molecule is CC1C[C](Br)CC(C)C1. The van der Waals surface area contributed by atoms with Crippen molar-refractivity contribution in [2.24, 2.45) is 11.8 Å². The number of rotatable bonds is 0. The summed E-state index contributed by atoms with van der Waals surface area (Å²) in [7, 11) is 0. The van der Waals surface area contributed by atoms with Crippen molar-refractivity contribution in [1.29, 1.82) is 0 Å². The highest BCUT2D eigenvalue weighted by atomic mass is 79.9. The average Bonchev–Trinajstić information content (AvgIpc) is 1.59. The highest BCUT2D eigenvalue weighted by Gasteiger charge is 2.21. The molecule has 1 aliphatic carbocycles. The number of hydrogen-bond acceptors (Lipinski definition) is 0. The van der Waals surface area contributed by atoms with E-state index >= 15 is 0 Å². The lowest BCUT2D eigenvalue weighted by Gasteiger charge is -2.26. The molecule has 0 aliphatic heterocycles. The van der Waals surface area contributed by atoms with Gasteiger partial charge in [-0.25, -0.2) is 0 Å². The maximum absolute atomic E-state index is 3.59. The number of halogens is 1. The summed E-state index contributed by atoms with van der Waals surface area (Å²) in [5, 5.41) is 0. The zero-order valence-electron chi connectivity index (χ0n) is 6.15. The van der Waals surface area contributed by atoms with Gasteiger partial charge in [-0.1, -0.05) is 29.8 Å². The Kier molecular flexibility index (Phi) is 2.57. The fourth-order valence-corrected chi connectivity index (χ4v) is 2.80. The summed E-state index contributed by atoms with van der Waals surface area (Å²) in [6.45, 7) is 4.66. The number of hydrogen-bond donors (Lipinski definition) is 0. The lowest BCUT2D eigenvalue weighted by atomic mass is 9.84. The minimum atomic E-state index is 0.906. The van der Waals surface area contributed by atoms with Gasteiger partial charge >= 0.3 is 0 Å². The van der Waals surface area contributed by atoms with Crippen LogP contribution in [0.4, 0.5) is 0 Å². The van der Waals surface area contributed by atoms with Crippen LogP contribution in [0.2, 0.25) is 0 Å². The molecule has 53 valence electrons. The van der Waals surface area contributed by atoms with Crippen molar-refractivity contribution >= 4 is 15.9 Å². The molecule has 1 aliphatic rings. The first kappa shape index (κ1) is 7.59. The summed E-state index contributed by atoms with van der Waals surface area (Å²) in [6, 6.07) is 0. The van der Waals surface area contributed by atoms with Crippen LogP contribution in [0.15, 0.2) is 0 Å². The highest BCUT2D eigenvalue weighted by Crippen LogP contribution is 2.37. The summed E-state index contributed by atoms with van der Waals surface area (Å²) in [5.41, 5.74) is 0. The van der Waals surface area contributed by atoms with Gasteiger partial charge < -0.3 is 0 Å². The minimum Gasteiger partial charge on any atom is -0.0838 e. The molecule has 2 atom stereocenters. The summed E-state index contributed by atoms with van der Waals surface area (Å²) < 4.78 is 0. The molecule has 2 unspecified atom stereocenters. The van der Waals surface area contributed by atoms with Crippen molar-refractivity contribution in [2.45, 2.75) is 33.1 Å². The molecule has 0 heterocycles. The van der Waals surface area contributed by atoms with Crippen LogP contribution >= 0.6 is 15.9 Å². The summed E-state index contributed by atoms with van der Waals surface area (Å²) in [5.74, 6) is 1.81. The fraction of sp³-hybridized carbons (Fsp3) is 0.875. The van der Waals surface area contributed by atoms with E-state index < -0.39 is 0 Å². The molecular formula is C8H14Br. The van der Waals surface area contributed by atoms with Crippen molar-refractivity contribution in [3.63, 3.8) is 0 Å². The van der Waals surface area contributed by atoms with Gasteiger partial charge in [-0.05, 0) is 31.1 Å². The Labute approximate surface area is 66.2 Å². The van der Waals surface area contributed by atoms with E-state index in [2.05, 4.69) is 29.8 Å². The van der Waals surface area contributed by atoms with Crippen LogP contribution in [0.25, 0.3) is 0 Å². The van der Waals surface area contributed by atoms with Gasteiger partial charge in [-0.2, -0.15) is 0 Å². The van der Waals surface area contributed by atoms with Crippen LogP contribution < -0.4 is 0 Å². The molecule has 0 bridgehead atoms. The van der Waals surface area contributed by atoms with E-state index in [1.54, 1.807) is 0 Å². The molecule has 1 heteroatoms. The van der Waals surface area contributed by atoms with Gasteiger partial charge in [0.05, 0.1) is 0 Å². The maximum Gasteiger partial charge on any atom is 0.0416 e. The Morgan fingerprint density at radius 3 is 2.00 bits per heavy atom. The van der Waals surface area contributed by atoms with Gasteiger partial charge in [0.25, 0.3) is 0 Å². The first-order valence-corrected chi connectivity index (χ1v) is 4.48. The zero-order valence-corrected chi connectivity index (χ0v) is 7.74. The third kappa shape index (κ3) is 2.29. The smallest absolute Gasteiger partial charge is 0.0416 e. The van der Waals surface area contributed by atoms with Crippen LogP contribution in [0.5, 0.6) is 0 Å². The van der Waals surface area contributed by atoms with Crippen LogP contribution in [0, 0.1) is 16.7 Å². The van der Waals surface area contributed by atoms with Crippen molar-refractivity contribution in [1.82, 2.24) is 0 Å². The minimum absolute atomic E-state index is 0.906. The van der Waals surface area contributed by atoms with Crippen molar-refractivity contribution < 1.29 is 0 Å². The summed E-state index contributed by atoms with van der Waals surface area (Å²) in [4.78, 5) is 1.52. The Morgan fingerprint density at radius 2 is 1.67 bits per heavy atom. The predicted octanol–water partition coefficient (Wildman–Crippen LogP) is 3.37. The van der Waals surface area contributed by atoms with Gasteiger partial charge in [0, 0.05) is 4.83 Å². The maximum atomic E-state index is 3.59. The first-order chi connectivity index (χ1) is 4.18. The Morgan fingerprint density at radius 1 is 1.22 bits per heavy atom. The van der Waals surface area contributed by atoms with E-state index in [1.165, 1.54) is 24.1 Å². The molecule has 0 amide bonds. The van der Waals surface area contributed by atoms with E-state index in [0.29, 0.717) is 0 Å². The third-order valence-electron chi connectivity index (χ3n) is 1.94. The van der Waals surface area contributed by atoms with E-state index in [0.717, 1.165) is 11.8 Å². The van der Waals surface area contributed by atoms with E-state index in [-0.39, 0.29) is 0 Å². The predicted molar refractivity (Wildman–Crippen MR) is 44.3 cm³/mol. The Bertz CT molecular complexity index is 65.5. The first-order valence-electron chi connectivity index (χ1n) is 3.68. The van der Waals surface area contributed by atoms with Crippen LogP contribution in [-0.2, 0) is 0 Å². The van der Waals surface area contributed by atoms with Crippen molar-refractivity contribution in [3.8, 4) is 0 Å². The zero-order chi connectivity index (χ0) is 6.85. The molecule has 0 aromatic rings. The molecule has 9 heavy (non-hydrogen) atoms. The van der Waals surface area contributed by atoms with Gasteiger partial charge in [0.1, 0.15) is 0 Å². The molecule has 1 fully saturated rings. The quantitative estimate of drug-likeness (QED) is 0.549. The van der Waals surface area contributed by atoms with Crippen LogP contribution in [0.1, 0.15) is 33.1 Å². The third-order valence-corrected chi connectivity index (χ3v) is 2.59. The molecule has 0 N–H and O–H groups in total. The second-order valence-electron chi connectivity index (χ2n) is 3.37. The molecule has 0 aromatic heterocycles. The summed E-state index contributed by atoms with van der Waals surface area (Å²) >= 11 is 3.59. The molecule has 0 saturated heterocycles. The van der Waals surface area contributed by atoms with E-state index in [9.17, 15) is 0 Å². The van der Waals surface area contributed by atoms with Gasteiger partial charge in [-0.15, -0.1) is 0 Å². The van der Waals surface area contributed by atoms with Crippen LogP contribution in [-0.4, -0.2) is 0 Å². The second kappa shape index (κ2) is 3.05. The molecule has 0 aromatic carbocycles. The van der Waals surface area contributed by atoms with Crippen molar-refractivity contribution in [3.05, 3.63) is 4.83 Å². The molecule has 1 saturated carbocycles. The normalized spacial score (nSPS) is 39.0. The molecule has 1 radical (unpaired) electrons. The average molecular weight is 190 g/mol. The highest BCUT2D eigenvalue weighted by molar-refractivity contribution is 9.11. The Balaban J connectivity index is 2.34. The fourth-order valence-electron chi connectivity index (χ4n) is 1.69. The molecule has 0 nitrogen and oxygen atoms in total. The largest absolute Gasteiger partial charge is 0.0838 e. The second-order valence-corrected chi connectivity index (χ2v) is 4.49. The van der Waals surface area contributed by atoms with Crippen molar-refractivity contribution in [2.75, 3.05) is 0 Å². The standard InChI is InChI=1S/C8H14Br/c1-6-3-7(2)5-8(9)4-6/h6-7H,3-5H2,1-2H3. The molecule has 1 rings (SSSR count). The Hall–Kier alpha value is 0.480. The summed E-state index contributed by atoms with van der Waals surface area (Å²) in [6.07, 6.45) is 4.00. The topological polar surface area (TPSA) is 0 Å². The van der Waals surface area contributed by atoms with E-state index in [4.69, 9.17) is 0 Å². The lowest BCUT2D eigenvalue weighted by molar-refractivity contribution is 0.348. The van der Waals surface area contributed by atoms with Gasteiger partial charge in [0.2, 0.25) is 0 Å². The van der Waals surface area contributed by atoms with Gasteiger partial charge in [0.15, 0.2) is 0 Å². The van der Waals surface area contributed by atoms with E-state index in [1.807, 2.05) is 0 Å². The molecular weight excluding hydrogens is 176 g/mol. The monoisotopic (exact) mass is 189 g/mol. The van der Waals surface area contributed by atoms with Crippen LogP contribution in [0.3, 0.4) is 0 Å². The lowest BCUT2D eigenvalue weighted by Crippen LogP contribution is -2.14.